The molecule has 1 fully saturated rings. The summed E-state index contributed by atoms with van der Waals surface area (Å²) in [5, 5.41) is 2.42. The summed E-state index contributed by atoms with van der Waals surface area (Å²) in [7, 11) is 0. The SMILES string of the molecule is Nc1ccc(-c2cnc(NC(=O)Cc3c(F)c(F)c(F)c(F)c3F)c(CC3CCCC3)n2)cc1. The highest BCUT2D eigenvalue weighted by Crippen LogP contribution is 2.31. The summed E-state index contributed by atoms with van der Waals surface area (Å²) in [4.78, 5) is 21.4. The van der Waals surface area contributed by atoms with Crippen LogP contribution in [0.3, 0.4) is 0 Å². The van der Waals surface area contributed by atoms with Crippen LogP contribution >= 0.6 is 0 Å². The Morgan fingerprint density at radius 1 is 0.941 bits per heavy atom. The van der Waals surface area contributed by atoms with Gasteiger partial charge < -0.3 is 11.1 Å². The van der Waals surface area contributed by atoms with Gasteiger partial charge in [-0.3, -0.25) is 4.79 Å². The second kappa shape index (κ2) is 9.74. The number of nitrogen functional groups attached to an aromatic ring is 1. The van der Waals surface area contributed by atoms with E-state index in [0.717, 1.165) is 31.2 Å². The van der Waals surface area contributed by atoms with Crippen molar-refractivity contribution in [3.05, 3.63) is 70.8 Å². The zero-order valence-corrected chi connectivity index (χ0v) is 18.0. The molecule has 1 aliphatic carbocycles. The first kappa shape index (κ1) is 23.6. The molecule has 0 spiro atoms. The van der Waals surface area contributed by atoms with Gasteiger partial charge in [0.25, 0.3) is 0 Å². The number of anilines is 2. The Morgan fingerprint density at radius 2 is 1.53 bits per heavy atom. The van der Waals surface area contributed by atoms with Crippen LogP contribution < -0.4 is 11.1 Å². The number of hydrogen-bond acceptors (Lipinski definition) is 4. The maximum absolute atomic E-state index is 14.0. The molecule has 0 saturated heterocycles. The van der Waals surface area contributed by atoms with E-state index in [9.17, 15) is 26.7 Å². The van der Waals surface area contributed by atoms with Crippen LogP contribution in [0.5, 0.6) is 0 Å². The van der Waals surface area contributed by atoms with Crippen molar-refractivity contribution >= 4 is 17.4 Å². The Kier molecular flexibility index (Phi) is 6.76. The van der Waals surface area contributed by atoms with E-state index in [1.165, 1.54) is 6.20 Å². The number of hydrogen-bond donors (Lipinski definition) is 2. The lowest BCUT2D eigenvalue weighted by Gasteiger charge is -2.15. The molecule has 10 heteroatoms. The smallest absolute Gasteiger partial charge is 0.230 e. The number of benzene rings is 2. The normalized spacial score (nSPS) is 13.9. The van der Waals surface area contributed by atoms with Gasteiger partial charge in [0.05, 0.1) is 24.0 Å². The molecule has 4 rings (SSSR count). The number of aromatic nitrogens is 2. The largest absolute Gasteiger partial charge is 0.399 e. The summed E-state index contributed by atoms with van der Waals surface area (Å²) >= 11 is 0. The van der Waals surface area contributed by atoms with E-state index in [0.29, 0.717) is 29.4 Å². The standard InChI is InChI=1S/C24H21F5N4O/c25-19-15(20(26)22(28)23(29)21(19)27)10-18(34)33-24-16(9-12-3-1-2-4-12)32-17(11-31-24)13-5-7-14(30)8-6-13/h5-8,11-12H,1-4,9-10,30H2,(H,31,33,34). The third kappa shape index (κ3) is 4.85. The van der Waals surface area contributed by atoms with Crippen LogP contribution in [-0.4, -0.2) is 15.9 Å². The molecule has 3 N–H and O–H groups in total. The predicted molar refractivity (Wildman–Crippen MR) is 116 cm³/mol. The predicted octanol–water partition coefficient (Wildman–Crippen LogP) is 5.34. The van der Waals surface area contributed by atoms with Crippen LogP contribution in [0.4, 0.5) is 33.5 Å². The van der Waals surface area contributed by atoms with Crippen molar-refractivity contribution in [3.63, 3.8) is 0 Å². The van der Waals surface area contributed by atoms with Gasteiger partial charge in [-0.15, -0.1) is 0 Å². The van der Waals surface area contributed by atoms with Gasteiger partial charge in [0.2, 0.25) is 11.7 Å². The molecular weight excluding hydrogens is 455 g/mol. The van der Waals surface area contributed by atoms with Crippen molar-refractivity contribution in [1.29, 1.82) is 0 Å². The van der Waals surface area contributed by atoms with Crippen LogP contribution in [0, 0.1) is 35.0 Å². The highest BCUT2D eigenvalue weighted by atomic mass is 19.2. The van der Waals surface area contributed by atoms with E-state index in [1.807, 2.05) is 0 Å². The molecule has 1 aliphatic rings. The maximum atomic E-state index is 14.0. The second-order valence-electron chi connectivity index (χ2n) is 8.30. The van der Waals surface area contributed by atoms with Crippen molar-refractivity contribution in [2.24, 2.45) is 5.92 Å². The van der Waals surface area contributed by atoms with Gasteiger partial charge in [0.1, 0.15) is 0 Å². The molecule has 5 nitrogen and oxygen atoms in total. The molecule has 0 atom stereocenters. The summed E-state index contributed by atoms with van der Waals surface area (Å²) in [6, 6.07) is 6.99. The van der Waals surface area contributed by atoms with Crippen molar-refractivity contribution in [2.75, 3.05) is 11.1 Å². The van der Waals surface area contributed by atoms with Gasteiger partial charge >= 0.3 is 0 Å². The number of amides is 1. The average molecular weight is 476 g/mol. The highest BCUT2D eigenvalue weighted by molar-refractivity contribution is 5.92. The molecule has 1 aromatic heterocycles. The van der Waals surface area contributed by atoms with E-state index in [1.54, 1.807) is 24.3 Å². The second-order valence-corrected chi connectivity index (χ2v) is 8.30. The van der Waals surface area contributed by atoms with Gasteiger partial charge in [0.15, 0.2) is 29.1 Å². The number of nitrogens with two attached hydrogens (primary N) is 1. The van der Waals surface area contributed by atoms with Crippen molar-refractivity contribution in [3.8, 4) is 11.3 Å². The zero-order chi connectivity index (χ0) is 24.4. The topological polar surface area (TPSA) is 80.9 Å². The first-order valence-electron chi connectivity index (χ1n) is 10.8. The summed E-state index contributed by atoms with van der Waals surface area (Å²) in [5.41, 5.74) is 6.89. The van der Waals surface area contributed by atoms with Crippen LogP contribution in [0.25, 0.3) is 11.3 Å². The Labute approximate surface area is 192 Å². The lowest BCUT2D eigenvalue weighted by Crippen LogP contribution is -2.20. The Hall–Kier alpha value is -3.56. The van der Waals surface area contributed by atoms with Crippen LogP contribution in [0.1, 0.15) is 36.9 Å². The summed E-state index contributed by atoms with van der Waals surface area (Å²) in [6.45, 7) is 0. The van der Waals surface area contributed by atoms with Gasteiger partial charge in [-0.1, -0.05) is 37.8 Å². The van der Waals surface area contributed by atoms with Crippen LogP contribution in [0.15, 0.2) is 30.5 Å². The number of carbonyl (C=O) groups is 1. The third-order valence-corrected chi connectivity index (χ3v) is 5.90. The van der Waals surface area contributed by atoms with Crippen molar-refractivity contribution in [2.45, 2.75) is 38.5 Å². The molecule has 3 aromatic rings. The third-order valence-electron chi connectivity index (χ3n) is 5.90. The fraction of sp³-hybridized carbons (Fsp3) is 0.292. The van der Waals surface area contributed by atoms with Crippen molar-refractivity contribution in [1.82, 2.24) is 9.97 Å². The minimum atomic E-state index is -2.28. The summed E-state index contributed by atoms with van der Waals surface area (Å²) in [6.07, 6.45) is 5.04. The maximum Gasteiger partial charge on any atom is 0.230 e. The lowest BCUT2D eigenvalue weighted by atomic mass is 10.0. The molecule has 2 aromatic carbocycles. The van der Waals surface area contributed by atoms with Gasteiger partial charge in [-0.05, 0) is 24.5 Å². The molecule has 0 radical (unpaired) electrons. The van der Waals surface area contributed by atoms with E-state index in [2.05, 4.69) is 15.3 Å². The number of nitrogens with zero attached hydrogens (tertiary/aromatic N) is 2. The zero-order valence-electron chi connectivity index (χ0n) is 18.0. The first-order chi connectivity index (χ1) is 16.2. The fourth-order valence-corrected chi connectivity index (χ4v) is 4.10. The molecule has 0 unspecified atom stereocenters. The van der Waals surface area contributed by atoms with Crippen LogP contribution in [-0.2, 0) is 17.6 Å². The minimum absolute atomic E-state index is 0.0833. The molecule has 1 heterocycles. The highest BCUT2D eigenvalue weighted by Gasteiger charge is 2.27. The van der Waals surface area contributed by atoms with Gasteiger partial charge in [0, 0.05) is 16.8 Å². The number of rotatable bonds is 6. The quantitative estimate of drug-likeness (QED) is 0.218. The van der Waals surface area contributed by atoms with E-state index in [4.69, 9.17) is 5.73 Å². The molecule has 178 valence electrons. The lowest BCUT2D eigenvalue weighted by molar-refractivity contribution is -0.115. The number of halogens is 5. The molecule has 0 aliphatic heterocycles. The van der Waals surface area contributed by atoms with Gasteiger partial charge in [-0.25, -0.2) is 31.9 Å². The summed E-state index contributed by atoms with van der Waals surface area (Å²) in [5.74, 6) is -11.1. The van der Waals surface area contributed by atoms with E-state index >= 15 is 0 Å². The molecule has 1 saturated carbocycles. The van der Waals surface area contributed by atoms with E-state index < -0.39 is 47.0 Å². The van der Waals surface area contributed by atoms with Crippen molar-refractivity contribution < 1.29 is 26.7 Å². The number of nitrogens with one attached hydrogen (secondary N) is 1. The van der Waals surface area contributed by atoms with E-state index in [-0.39, 0.29) is 5.82 Å². The summed E-state index contributed by atoms with van der Waals surface area (Å²) < 4.78 is 68.2. The first-order valence-corrected chi connectivity index (χ1v) is 10.8. The number of carbonyl (C=O) groups excluding carboxylic acids is 1. The van der Waals surface area contributed by atoms with Gasteiger partial charge in [-0.2, -0.15) is 0 Å². The Balaban J connectivity index is 1.61. The molecule has 34 heavy (non-hydrogen) atoms. The minimum Gasteiger partial charge on any atom is -0.399 e. The Morgan fingerprint density at radius 3 is 2.15 bits per heavy atom. The molecular formula is C24H21F5N4O. The molecule has 0 bridgehead atoms. The fourth-order valence-electron chi connectivity index (χ4n) is 4.10. The molecule has 1 amide bonds. The Bertz CT molecular complexity index is 1200. The average Bonchev–Trinajstić information content (AvgIpc) is 3.34. The van der Waals surface area contributed by atoms with Crippen LogP contribution in [0.2, 0.25) is 0 Å². The monoisotopic (exact) mass is 476 g/mol.